The van der Waals surface area contributed by atoms with Gasteiger partial charge in [-0.1, -0.05) is 13.8 Å². The Bertz CT molecular complexity index is 869. The molecule has 146 valence electrons. The molecule has 1 aliphatic heterocycles. The number of rotatable bonds is 4. The summed E-state index contributed by atoms with van der Waals surface area (Å²) in [6.07, 6.45) is 0. The summed E-state index contributed by atoms with van der Waals surface area (Å²) < 4.78 is 5.18. The van der Waals surface area contributed by atoms with Gasteiger partial charge in [-0.05, 0) is 26.3 Å². The third-order valence-electron chi connectivity index (χ3n) is 4.73. The molecule has 1 amide bonds. The monoisotopic (exact) mass is 390 g/mol. The highest BCUT2D eigenvalue weighted by molar-refractivity contribution is 7.20. The summed E-state index contributed by atoms with van der Waals surface area (Å²) in [5.74, 6) is 1.41. The van der Waals surface area contributed by atoms with Crippen molar-refractivity contribution in [1.29, 1.82) is 0 Å². The fourth-order valence-electron chi connectivity index (χ4n) is 3.35. The number of hydrogen-bond acceptors (Lipinski definition) is 7. The highest BCUT2D eigenvalue weighted by Crippen LogP contribution is 2.36. The van der Waals surface area contributed by atoms with Crippen LogP contribution in [-0.2, 0) is 9.53 Å². The van der Waals surface area contributed by atoms with E-state index in [1.165, 1.54) is 11.3 Å². The van der Waals surface area contributed by atoms with Crippen molar-refractivity contribution in [3.8, 4) is 0 Å². The highest BCUT2D eigenvalue weighted by atomic mass is 32.1. The summed E-state index contributed by atoms with van der Waals surface area (Å²) >= 11 is 1.36. The summed E-state index contributed by atoms with van der Waals surface area (Å²) in [7, 11) is 0. The number of hydrogen-bond donors (Lipinski definition) is 0. The third kappa shape index (κ3) is 3.76. The number of aromatic nitrogens is 2. The van der Waals surface area contributed by atoms with E-state index in [2.05, 4.69) is 14.9 Å². The second kappa shape index (κ2) is 7.80. The van der Waals surface area contributed by atoms with Gasteiger partial charge < -0.3 is 14.5 Å². The first kappa shape index (κ1) is 19.5. The fourth-order valence-corrected chi connectivity index (χ4v) is 4.46. The summed E-state index contributed by atoms with van der Waals surface area (Å²) in [5.41, 5.74) is 0.865. The molecule has 0 unspecified atom stereocenters. The molecular weight excluding hydrogens is 364 g/mol. The number of amides is 1. The topological polar surface area (TPSA) is 75.6 Å². The number of fused-ring (bicyclic) bond motifs is 1. The van der Waals surface area contributed by atoms with Crippen LogP contribution in [0.25, 0.3) is 10.2 Å². The van der Waals surface area contributed by atoms with E-state index in [1.54, 1.807) is 6.92 Å². The lowest BCUT2D eigenvalue weighted by atomic mass is 10.1. The van der Waals surface area contributed by atoms with Crippen LogP contribution >= 0.6 is 11.3 Å². The molecule has 1 aliphatic rings. The molecule has 0 N–H and O–H groups in total. The van der Waals surface area contributed by atoms with Gasteiger partial charge in [-0.25, -0.2) is 14.8 Å². The Morgan fingerprint density at radius 3 is 2.41 bits per heavy atom. The maximum Gasteiger partial charge on any atom is 0.348 e. The van der Waals surface area contributed by atoms with Gasteiger partial charge in [-0.2, -0.15) is 0 Å². The summed E-state index contributed by atoms with van der Waals surface area (Å²) in [6, 6.07) is 0. The smallest absolute Gasteiger partial charge is 0.348 e. The normalized spacial score (nSPS) is 14.9. The molecule has 0 radical (unpaired) electrons. The second-order valence-corrected chi connectivity index (χ2v) is 8.02. The lowest BCUT2D eigenvalue weighted by Gasteiger charge is -2.36. The van der Waals surface area contributed by atoms with E-state index in [4.69, 9.17) is 4.74 Å². The predicted molar refractivity (Wildman–Crippen MR) is 106 cm³/mol. The number of anilines is 1. The first-order valence-electron chi connectivity index (χ1n) is 9.32. The van der Waals surface area contributed by atoms with Crippen molar-refractivity contribution in [3.05, 3.63) is 16.3 Å². The van der Waals surface area contributed by atoms with E-state index in [0.717, 1.165) is 21.6 Å². The number of esters is 1. The molecule has 2 aromatic rings. The number of thiophene rings is 1. The van der Waals surface area contributed by atoms with Crippen LogP contribution in [0.1, 0.15) is 41.8 Å². The Labute approximate surface area is 163 Å². The Hall–Kier alpha value is -2.22. The Balaban J connectivity index is 1.93. The van der Waals surface area contributed by atoms with E-state index in [0.29, 0.717) is 43.5 Å². The summed E-state index contributed by atoms with van der Waals surface area (Å²) in [5, 5.41) is 0.914. The van der Waals surface area contributed by atoms with Gasteiger partial charge in [0.1, 0.15) is 21.3 Å². The highest BCUT2D eigenvalue weighted by Gasteiger charge is 2.27. The minimum atomic E-state index is -0.311. The van der Waals surface area contributed by atoms with Crippen molar-refractivity contribution in [2.24, 2.45) is 5.92 Å². The molecule has 0 atom stereocenters. The number of ether oxygens (including phenoxy) is 1. The number of carbonyl (C=O) groups is 2. The molecule has 2 aromatic heterocycles. The number of nitrogens with zero attached hydrogens (tertiary/aromatic N) is 4. The van der Waals surface area contributed by atoms with Gasteiger partial charge in [0, 0.05) is 32.1 Å². The Morgan fingerprint density at radius 2 is 1.81 bits per heavy atom. The molecule has 3 heterocycles. The quantitative estimate of drug-likeness (QED) is 0.747. The van der Waals surface area contributed by atoms with E-state index < -0.39 is 0 Å². The second-order valence-electron chi connectivity index (χ2n) is 7.02. The standard InChI is InChI=1S/C19H26N4O3S/c1-6-26-19(25)15-12(4)14-16(20-13(5)21-17(14)27-15)22-7-9-23(10-8-22)18(24)11(2)3/h11H,6-10H2,1-5H3. The Morgan fingerprint density at radius 1 is 1.15 bits per heavy atom. The van der Waals surface area contributed by atoms with E-state index in [9.17, 15) is 9.59 Å². The van der Waals surface area contributed by atoms with Crippen LogP contribution in [-0.4, -0.2) is 59.5 Å². The molecule has 0 aromatic carbocycles. The van der Waals surface area contributed by atoms with Crippen molar-refractivity contribution < 1.29 is 14.3 Å². The van der Waals surface area contributed by atoms with E-state index in [-0.39, 0.29) is 17.8 Å². The number of piperazine rings is 1. The SMILES string of the molecule is CCOC(=O)c1sc2nc(C)nc(N3CCN(C(=O)C(C)C)CC3)c2c1C. The van der Waals surface area contributed by atoms with Gasteiger partial charge in [0.15, 0.2) is 0 Å². The first-order chi connectivity index (χ1) is 12.8. The van der Waals surface area contributed by atoms with E-state index in [1.807, 2.05) is 32.6 Å². The zero-order chi connectivity index (χ0) is 19.7. The van der Waals surface area contributed by atoms with Crippen LogP contribution in [0.5, 0.6) is 0 Å². The van der Waals surface area contributed by atoms with Gasteiger partial charge in [-0.3, -0.25) is 4.79 Å². The maximum absolute atomic E-state index is 12.3. The first-order valence-corrected chi connectivity index (χ1v) is 10.1. The summed E-state index contributed by atoms with van der Waals surface area (Å²) in [4.78, 5) is 39.2. The van der Waals surface area contributed by atoms with Gasteiger partial charge in [0.25, 0.3) is 0 Å². The molecule has 1 saturated heterocycles. The maximum atomic E-state index is 12.3. The van der Waals surface area contributed by atoms with Gasteiger partial charge in [0.05, 0.1) is 12.0 Å². The largest absolute Gasteiger partial charge is 0.462 e. The average Bonchev–Trinajstić information content (AvgIpc) is 2.97. The van der Waals surface area contributed by atoms with Crippen LogP contribution in [0, 0.1) is 19.8 Å². The van der Waals surface area contributed by atoms with Gasteiger partial charge in [-0.15, -0.1) is 11.3 Å². The zero-order valence-corrected chi connectivity index (χ0v) is 17.4. The van der Waals surface area contributed by atoms with Crippen molar-refractivity contribution in [3.63, 3.8) is 0 Å². The fraction of sp³-hybridized carbons (Fsp3) is 0.579. The van der Waals surface area contributed by atoms with Gasteiger partial charge in [0.2, 0.25) is 5.91 Å². The molecule has 7 nitrogen and oxygen atoms in total. The van der Waals surface area contributed by atoms with E-state index >= 15 is 0 Å². The number of carbonyl (C=O) groups excluding carboxylic acids is 2. The molecule has 1 fully saturated rings. The summed E-state index contributed by atoms with van der Waals surface area (Å²) in [6.45, 7) is 12.6. The van der Waals surface area contributed by atoms with Crippen LogP contribution in [0.3, 0.4) is 0 Å². The lowest BCUT2D eigenvalue weighted by molar-refractivity contribution is -0.134. The molecule has 8 heteroatoms. The van der Waals surface area contributed by atoms with Crippen molar-refractivity contribution in [2.45, 2.75) is 34.6 Å². The minimum Gasteiger partial charge on any atom is -0.462 e. The predicted octanol–water partition coefficient (Wildman–Crippen LogP) is 2.79. The average molecular weight is 391 g/mol. The van der Waals surface area contributed by atoms with Gasteiger partial charge >= 0.3 is 5.97 Å². The molecular formula is C19H26N4O3S. The van der Waals surface area contributed by atoms with Crippen LogP contribution in [0.15, 0.2) is 0 Å². The Kier molecular flexibility index (Phi) is 5.64. The molecule has 27 heavy (non-hydrogen) atoms. The lowest BCUT2D eigenvalue weighted by Crippen LogP contribution is -2.50. The van der Waals surface area contributed by atoms with Crippen molar-refractivity contribution in [1.82, 2.24) is 14.9 Å². The number of aryl methyl sites for hydroxylation is 2. The molecule has 0 spiro atoms. The van der Waals surface area contributed by atoms with Crippen LogP contribution in [0.4, 0.5) is 5.82 Å². The van der Waals surface area contributed by atoms with Crippen molar-refractivity contribution >= 4 is 39.2 Å². The third-order valence-corrected chi connectivity index (χ3v) is 5.89. The molecule has 3 rings (SSSR count). The zero-order valence-electron chi connectivity index (χ0n) is 16.5. The molecule has 0 aliphatic carbocycles. The van der Waals surface area contributed by atoms with Crippen molar-refractivity contribution in [2.75, 3.05) is 37.7 Å². The molecule has 0 saturated carbocycles. The van der Waals surface area contributed by atoms with Crippen LogP contribution < -0.4 is 4.90 Å². The van der Waals surface area contributed by atoms with Crippen LogP contribution in [0.2, 0.25) is 0 Å². The molecule has 0 bridgehead atoms. The minimum absolute atomic E-state index is 0.0100.